The quantitative estimate of drug-likeness (QED) is 0.359. The molecule has 1 aliphatic heterocycles. The van der Waals surface area contributed by atoms with Crippen LogP contribution >= 0.6 is 0 Å². The van der Waals surface area contributed by atoms with Gasteiger partial charge in [-0.05, 0) is 24.9 Å². The molecular formula is C19H31N5O2. The molecule has 1 aromatic rings. The van der Waals surface area contributed by atoms with E-state index in [0.717, 1.165) is 32.5 Å². The first-order chi connectivity index (χ1) is 12.7. The fourth-order valence-corrected chi connectivity index (χ4v) is 3.07. The highest BCUT2D eigenvalue weighted by Crippen LogP contribution is 2.13. The van der Waals surface area contributed by atoms with Gasteiger partial charge < -0.3 is 20.7 Å². The number of nitrogens with one attached hydrogen (secondary N) is 3. The minimum absolute atomic E-state index is 0.0700. The summed E-state index contributed by atoms with van der Waals surface area (Å²) in [4.78, 5) is 18.5. The SMILES string of the molecule is CN=C(NCC(=O)NCCOC)NC1CCCN(Cc2ccccc2)C1. The predicted molar refractivity (Wildman–Crippen MR) is 104 cm³/mol. The van der Waals surface area contributed by atoms with Gasteiger partial charge in [-0.3, -0.25) is 14.7 Å². The van der Waals surface area contributed by atoms with E-state index in [1.165, 1.54) is 5.56 Å². The van der Waals surface area contributed by atoms with Crippen LogP contribution in [0, 0.1) is 0 Å². The van der Waals surface area contributed by atoms with Crippen molar-refractivity contribution in [2.24, 2.45) is 4.99 Å². The summed E-state index contributed by atoms with van der Waals surface area (Å²) in [5, 5.41) is 9.30. The first kappa shape index (κ1) is 20.2. The molecule has 0 aromatic heterocycles. The van der Waals surface area contributed by atoms with Gasteiger partial charge in [0.2, 0.25) is 5.91 Å². The average molecular weight is 361 g/mol. The van der Waals surface area contributed by atoms with Gasteiger partial charge in [0, 0.05) is 39.8 Å². The van der Waals surface area contributed by atoms with E-state index in [-0.39, 0.29) is 12.5 Å². The van der Waals surface area contributed by atoms with Crippen molar-refractivity contribution in [2.45, 2.75) is 25.4 Å². The van der Waals surface area contributed by atoms with E-state index in [1.807, 2.05) is 6.07 Å². The molecule has 1 aromatic carbocycles. The van der Waals surface area contributed by atoms with Gasteiger partial charge in [-0.1, -0.05) is 30.3 Å². The first-order valence-corrected chi connectivity index (χ1v) is 9.20. The second-order valence-electron chi connectivity index (χ2n) is 6.47. The Balaban J connectivity index is 1.74. The van der Waals surface area contributed by atoms with Gasteiger partial charge in [0.05, 0.1) is 13.2 Å². The maximum atomic E-state index is 11.8. The van der Waals surface area contributed by atoms with Crippen LogP contribution in [0.1, 0.15) is 18.4 Å². The van der Waals surface area contributed by atoms with Crippen molar-refractivity contribution in [1.82, 2.24) is 20.9 Å². The van der Waals surface area contributed by atoms with E-state index in [4.69, 9.17) is 4.74 Å². The normalized spacial score (nSPS) is 18.4. The minimum atomic E-state index is -0.0700. The Morgan fingerprint density at radius 3 is 2.85 bits per heavy atom. The summed E-state index contributed by atoms with van der Waals surface area (Å²) < 4.78 is 4.92. The lowest BCUT2D eigenvalue weighted by Gasteiger charge is -2.33. The highest BCUT2D eigenvalue weighted by Gasteiger charge is 2.20. The molecule has 1 saturated heterocycles. The van der Waals surface area contributed by atoms with Crippen molar-refractivity contribution in [3.05, 3.63) is 35.9 Å². The summed E-state index contributed by atoms with van der Waals surface area (Å²) in [5.74, 6) is 0.595. The van der Waals surface area contributed by atoms with Gasteiger partial charge in [-0.2, -0.15) is 0 Å². The van der Waals surface area contributed by atoms with Crippen molar-refractivity contribution >= 4 is 11.9 Å². The predicted octanol–water partition coefficient (Wildman–Crippen LogP) is 0.579. The molecular weight excluding hydrogens is 330 g/mol. The zero-order valence-corrected chi connectivity index (χ0v) is 15.8. The largest absolute Gasteiger partial charge is 0.383 e. The first-order valence-electron chi connectivity index (χ1n) is 9.20. The number of hydrogen-bond acceptors (Lipinski definition) is 4. The van der Waals surface area contributed by atoms with Crippen LogP contribution in [-0.2, 0) is 16.1 Å². The zero-order valence-electron chi connectivity index (χ0n) is 15.8. The van der Waals surface area contributed by atoms with Gasteiger partial charge in [0.25, 0.3) is 0 Å². The Morgan fingerprint density at radius 2 is 2.12 bits per heavy atom. The number of ether oxygens (including phenoxy) is 1. The molecule has 144 valence electrons. The molecule has 0 spiro atoms. The smallest absolute Gasteiger partial charge is 0.239 e. The third-order valence-corrected chi connectivity index (χ3v) is 4.36. The summed E-state index contributed by atoms with van der Waals surface area (Å²) in [5.41, 5.74) is 1.34. The topological polar surface area (TPSA) is 78.0 Å². The molecule has 1 aliphatic rings. The molecule has 1 atom stereocenters. The number of aliphatic imine (C=N–C) groups is 1. The summed E-state index contributed by atoms with van der Waals surface area (Å²) >= 11 is 0. The van der Waals surface area contributed by atoms with Crippen LogP contribution in [0.15, 0.2) is 35.3 Å². The number of rotatable bonds is 8. The standard InChI is InChI=1S/C19H31N5O2/c1-20-19(22-13-18(25)21-10-12-26-2)23-17-9-6-11-24(15-17)14-16-7-4-3-5-8-16/h3-5,7-8,17H,6,9-15H2,1-2H3,(H,21,25)(H2,20,22,23). The van der Waals surface area contributed by atoms with Crippen LogP contribution in [0.4, 0.5) is 0 Å². The summed E-state index contributed by atoms with van der Waals surface area (Å²) in [6, 6.07) is 10.9. The molecule has 1 unspecified atom stereocenters. The molecule has 7 heteroatoms. The number of carbonyl (C=O) groups excluding carboxylic acids is 1. The van der Waals surface area contributed by atoms with Crippen LogP contribution in [0.25, 0.3) is 0 Å². The number of piperidine rings is 1. The molecule has 0 radical (unpaired) electrons. The molecule has 0 bridgehead atoms. The Hall–Kier alpha value is -2.12. The Morgan fingerprint density at radius 1 is 1.31 bits per heavy atom. The van der Waals surface area contributed by atoms with Crippen LogP contribution in [-0.4, -0.2) is 69.8 Å². The van der Waals surface area contributed by atoms with E-state index in [1.54, 1.807) is 14.2 Å². The van der Waals surface area contributed by atoms with E-state index in [9.17, 15) is 4.79 Å². The zero-order chi connectivity index (χ0) is 18.6. The Labute approximate surface area is 156 Å². The fourth-order valence-electron chi connectivity index (χ4n) is 3.07. The van der Waals surface area contributed by atoms with Gasteiger partial charge in [-0.15, -0.1) is 0 Å². The van der Waals surface area contributed by atoms with E-state index >= 15 is 0 Å². The molecule has 0 saturated carbocycles. The number of methoxy groups -OCH3 is 1. The molecule has 3 N–H and O–H groups in total. The highest BCUT2D eigenvalue weighted by atomic mass is 16.5. The maximum absolute atomic E-state index is 11.8. The van der Waals surface area contributed by atoms with Crippen molar-refractivity contribution in [1.29, 1.82) is 0 Å². The number of benzene rings is 1. The number of guanidine groups is 1. The van der Waals surface area contributed by atoms with E-state index in [0.29, 0.717) is 25.2 Å². The third-order valence-electron chi connectivity index (χ3n) is 4.36. The Kier molecular flexibility index (Phi) is 8.92. The number of amides is 1. The molecule has 1 amide bonds. The highest BCUT2D eigenvalue weighted by molar-refractivity contribution is 5.86. The lowest BCUT2D eigenvalue weighted by molar-refractivity contribution is -0.120. The molecule has 0 aliphatic carbocycles. The summed E-state index contributed by atoms with van der Waals surface area (Å²) in [6.07, 6.45) is 2.25. The third kappa shape index (κ3) is 7.41. The van der Waals surface area contributed by atoms with Crippen LogP contribution in [0.5, 0.6) is 0 Å². The van der Waals surface area contributed by atoms with Gasteiger partial charge >= 0.3 is 0 Å². The number of likely N-dealkylation sites (tertiary alicyclic amines) is 1. The van der Waals surface area contributed by atoms with E-state index in [2.05, 4.69) is 50.1 Å². The molecule has 1 fully saturated rings. The maximum Gasteiger partial charge on any atom is 0.239 e. The van der Waals surface area contributed by atoms with Crippen molar-refractivity contribution in [2.75, 3.05) is 46.9 Å². The van der Waals surface area contributed by atoms with Crippen LogP contribution < -0.4 is 16.0 Å². The van der Waals surface area contributed by atoms with Crippen LogP contribution in [0.3, 0.4) is 0 Å². The fraction of sp³-hybridized carbons (Fsp3) is 0.579. The van der Waals surface area contributed by atoms with Crippen molar-refractivity contribution in [3.63, 3.8) is 0 Å². The van der Waals surface area contributed by atoms with E-state index < -0.39 is 0 Å². The second-order valence-corrected chi connectivity index (χ2v) is 6.47. The monoisotopic (exact) mass is 361 g/mol. The van der Waals surface area contributed by atoms with Gasteiger partial charge in [0.15, 0.2) is 5.96 Å². The number of hydrogen-bond donors (Lipinski definition) is 3. The number of nitrogens with zero attached hydrogens (tertiary/aromatic N) is 2. The summed E-state index contributed by atoms with van der Waals surface area (Å²) in [7, 11) is 3.34. The second kappa shape index (κ2) is 11.5. The van der Waals surface area contributed by atoms with Crippen LogP contribution in [0.2, 0.25) is 0 Å². The van der Waals surface area contributed by atoms with Crippen molar-refractivity contribution in [3.8, 4) is 0 Å². The summed E-state index contributed by atoms with van der Waals surface area (Å²) in [6.45, 7) is 4.27. The van der Waals surface area contributed by atoms with Gasteiger partial charge in [-0.25, -0.2) is 0 Å². The lowest BCUT2D eigenvalue weighted by atomic mass is 10.0. The average Bonchev–Trinajstić information content (AvgIpc) is 2.66. The Bertz CT molecular complexity index is 564. The molecule has 7 nitrogen and oxygen atoms in total. The van der Waals surface area contributed by atoms with Gasteiger partial charge in [0.1, 0.15) is 0 Å². The minimum Gasteiger partial charge on any atom is -0.383 e. The molecule has 1 heterocycles. The molecule has 26 heavy (non-hydrogen) atoms. The number of carbonyl (C=O) groups is 1. The molecule has 2 rings (SSSR count). The lowest BCUT2D eigenvalue weighted by Crippen LogP contribution is -2.52. The van der Waals surface area contributed by atoms with Crippen molar-refractivity contribution < 1.29 is 9.53 Å².